The maximum absolute atomic E-state index is 11.0. The highest BCUT2D eigenvalue weighted by molar-refractivity contribution is 5.12. The lowest BCUT2D eigenvalue weighted by atomic mass is 9.46. The summed E-state index contributed by atoms with van der Waals surface area (Å²) >= 11 is 0. The molecule has 3 fully saturated rings. The van der Waals surface area contributed by atoms with Crippen LogP contribution in [0.25, 0.3) is 0 Å². The van der Waals surface area contributed by atoms with Gasteiger partial charge in [0.15, 0.2) is 0 Å². The molecule has 2 nitrogen and oxygen atoms in total. The van der Waals surface area contributed by atoms with Gasteiger partial charge in [0.1, 0.15) is 0 Å². The Morgan fingerprint density at radius 2 is 1.53 bits per heavy atom. The fraction of sp³-hybridized carbons (Fsp3) is 1.00. The van der Waals surface area contributed by atoms with Gasteiger partial charge in [-0.1, -0.05) is 32.6 Å². The molecule has 2 N–H and O–H groups in total. The average molecular weight is 238 g/mol. The van der Waals surface area contributed by atoms with Crippen molar-refractivity contribution < 1.29 is 10.2 Å². The molecule has 0 unspecified atom stereocenters. The van der Waals surface area contributed by atoms with E-state index in [9.17, 15) is 10.2 Å². The second-order valence-electron chi connectivity index (χ2n) is 7.06. The van der Waals surface area contributed by atoms with Gasteiger partial charge in [-0.05, 0) is 44.4 Å². The van der Waals surface area contributed by atoms with E-state index in [2.05, 4.69) is 6.92 Å². The van der Waals surface area contributed by atoms with Gasteiger partial charge in [0.05, 0.1) is 11.2 Å². The van der Waals surface area contributed by atoms with Crippen molar-refractivity contribution in [3.8, 4) is 0 Å². The van der Waals surface area contributed by atoms with Crippen LogP contribution in [0.1, 0.15) is 71.1 Å². The van der Waals surface area contributed by atoms with Crippen LogP contribution in [-0.4, -0.2) is 21.4 Å². The van der Waals surface area contributed by atoms with Gasteiger partial charge in [-0.15, -0.1) is 0 Å². The molecule has 2 heteroatoms. The Kier molecular flexibility index (Phi) is 2.61. The van der Waals surface area contributed by atoms with Gasteiger partial charge >= 0.3 is 0 Å². The number of fused-ring (bicyclic) bond motifs is 3. The third kappa shape index (κ3) is 1.53. The van der Waals surface area contributed by atoms with Crippen LogP contribution in [0.5, 0.6) is 0 Å². The molecule has 0 heterocycles. The van der Waals surface area contributed by atoms with E-state index in [0.717, 1.165) is 44.9 Å². The minimum absolute atomic E-state index is 0.0291. The number of aliphatic hydroxyl groups is 2. The summed E-state index contributed by atoms with van der Waals surface area (Å²) in [6, 6.07) is 0. The summed E-state index contributed by atoms with van der Waals surface area (Å²) in [5, 5.41) is 21.9. The van der Waals surface area contributed by atoms with Crippen LogP contribution >= 0.6 is 0 Å². The van der Waals surface area contributed by atoms with Crippen LogP contribution in [0.2, 0.25) is 0 Å². The van der Waals surface area contributed by atoms with Gasteiger partial charge in [-0.2, -0.15) is 0 Å². The van der Waals surface area contributed by atoms with E-state index in [-0.39, 0.29) is 5.41 Å². The van der Waals surface area contributed by atoms with Crippen molar-refractivity contribution in [2.75, 3.05) is 0 Å². The van der Waals surface area contributed by atoms with Crippen LogP contribution < -0.4 is 0 Å². The minimum Gasteiger partial charge on any atom is -0.390 e. The van der Waals surface area contributed by atoms with Crippen LogP contribution in [0.15, 0.2) is 0 Å². The van der Waals surface area contributed by atoms with Gasteiger partial charge in [-0.25, -0.2) is 0 Å². The van der Waals surface area contributed by atoms with E-state index >= 15 is 0 Å². The zero-order valence-corrected chi connectivity index (χ0v) is 11.0. The van der Waals surface area contributed by atoms with Crippen molar-refractivity contribution in [3.05, 3.63) is 0 Å². The fourth-order valence-corrected chi connectivity index (χ4v) is 5.19. The predicted molar refractivity (Wildman–Crippen MR) is 67.7 cm³/mol. The van der Waals surface area contributed by atoms with Crippen molar-refractivity contribution in [3.63, 3.8) is 0 Å². The molecule has 0 saturated heterocycles. The Labute approximate surface area is 104 Å². The predicted octanol–water partition coefficient (Wildman–Crippen LogP) is 3.01. The van der Waals surface area contributed by atoms with Gasteiger partial charge in [0, 0.05) is 5.41 Å². The summed E-state index contributed by atoms with van der Waals surface area (Å²) in [6.07, 6.45) is 10.6. The highest BCUT2D eigenvalue weighted by atomic mass is 16.3. The molecule has 3 rings (SSSR count). The zero-order valence-electron chi connectivity index (χ0n) is 11.0. The van der Waals surface area contributed by atoms with Gasteiger partial charge in [0.25, 0.3) is 0 Å². The molecule has 0 radical (unpaired) electrons. The molecule has 4 atom stereocenters. The lowest BCUT2D eigenvalue weighted by Gasteiger charge is -2.62. The number of hydrogen-bond acceptors (Lipinski definition) is 2. The summed E-state index contributed by atoms with van der Waals surface area (Å²) in [5.74, 6) is 0.336. The molecule has 0 aromatic rings. The summed E-state index contributed by atoms with van der Waals surface area (Å²) in [7, 11) is 0. The van der Waals surface area contributed by atoms with Crippen molar-refractivity contribution in [1.82, 2.24) is 0 Å². The summed E-state index contributed by atoms with van der Waals surface area (Å²) in [4.78, 5) is 0. The standard InChI is InChI=1S/C15H26O2/c1-13-7-4-5-9-15(13,17)11-10-14(16)8-3-2-6-12(13)14/h12,16-17H,2-11H2,1H3/t12-,13-,14+,15-/m1/s1. The topological polar surface area (TPSA) is 40.5 Å². The van der Waals surface area contributed by atoms with Crippen LogP contribution in [-0.2, 0) is 0 Å². The third-order valence-electron chi connectivity index (χ3n) is 6.34. The van der Waals surface area contributed by atoms with E-state index in [4.69, 9.17) is 0 Å². The molecular formula is C15H26O2. The van der Waals surface area contributed by atoms with Gasteiger partial charge < -0.3 is 10.2 Å². The zero-order chi connectivity index (χ0) is 12.1. The molecule has 3 aliphatic rings. The third-order valence-corrected chi connectivity index (χ3v) is 6.34. The van der Waals surface area contributed by atoms with E-state index in [1.807, 2.05) is 0 Å². The monoisotopic (exact) mass is 238 g/mol. The van der Waals surface area contributed by atoms with Crippen LogP contribution in [0.3, 0.4) is 0 Å². The molecule has 98 valence electrons. The van der Waals surface area contributed by atoms with Crippen molar-refractivity contribution in [2.45, 2.75) is 82.3 Å². The molecule has 3 aliphatic carbocycles. The second-order valence-corrected chi connectivity index (χ2v) is 7.06. The number of rotatable bonds is 0. The van der Waals surface area contributed by atoms with Crippen molar-refractivity contribution in [1.29, 1.82) is 0 Å². The van der Waals surface area contributed by atoms with Crippen molar-refractivity contribution in [2.24, 2.45) is 11.3 Å². The molecule has 17 heavy (non-hydrogen) atoms. The molecular weight excluding hydrogens is 212 g/mol. The lowest BCUT2D eigenvalue weighted by molar-refractivity contribution is -0.236. The molecule has 0 amide bonds. The summed E-state index contributed by atoms with van der Waals surface area (Å²) < 4.78 is 0. The Hall–Kier alpha value is -0.0800. The Bertz CT molecular complexity index is 316. The number of hydrogen-bond donors (Lipinski definition) is 2. The normalized spacial score (nSPS) is 54.9. The maximum Gasteiger partial charge on any atom is 0.0705 e. The molecule has 0 aromatic heterocycles. The van der Waals surface area contributed by atoms with E-state index in [0.29, 0.717) is 5.92 Å². The molecule has 0 aromatic carbocycles. The van der Waals surface area contributed by atoms with Gasteiger partial charge in [-0.3, -0.25) is 0 Å². The minimum atomic E-state index is -0.487. The lowest BCUT2D eigenvalue weighted by Crippen LogP contribution is -2.64. The molecule has 0 aliphatic heterocycles. The van der Waals surface area contributed by atoms with E-state index in [1.165, 1.54) is 19.3 Å². The maximum atomic E-state index is 11.0. The van der Waals surface area contributed by atoms with Crippen LogP contribution in [0, 0.1) is 11.3 Å². The largest absolute Gasteiger partial charge is 0.390 e. The average Bonchev–Trinajstić information content (AvgIpc) is 2.31. The molecule has 0 bridgehead atoms. The smallest absolute Gasteiger partial charge is 0.0705 e. The van der Waals surface area contributed by atoms with Gasteiger partial charge in [0.2, 0.25) is 0 Å². The Morgan fingerprint density at radius 3 is 2.35 bits per heavy atom. The fourth-order valence-electron chi connectivity index (χ4n) is 5.19. The summed E-state index contributed by atoms with van der Waals surface area (Å²) in [6.45, 7) is 2.26. The Balaban J connectivity index is 1.98. The quantitative estimate of drug-likeness (QED) is 0.681. The first-order valence-electron chi connectivity index (χ1n) is 7.45. The van der Waals surface area contributed by atoms with E-state index < -0.39 is 11.2 Å². The highest BCUT2D eigenvalue weighted by Gasteiger charge is 2.62. The van der Waals surface area contributed by atoms with Crippen molar-refractivity contribution >= 4 is 0 Å². The first-order valence-corrected chi connectivity index (χ1v) is 7.45. The first kappa shape index (κ1) is 12.0. The summed E-state index contributed by atoms with van der Waals surface area (Å²) in [5.41, 5.74) is -0.977. The SMILES string of the molecule is C[C@]12CCCC[C@@]1(O)CC[C@@]1(O)CCCC[C@@H]12. The first-order chi connectivity index (χ1) is 8.00. The molecule has 3 saturated carbocycles. The second kappa shape index (κ2) is 3.71. The Morgan fingerprint density at radius 1 is 0.824 bits per heavy atom. The molecule has 0 spiro atoms. The van der Waals surface area contributed by atoms with Crippen LogP contribution in [0.4, 0.5) is 0 Å². The van der Waals surface area contributed by atoms with E-state index in [1.54, 1.807) is 0 Å². The highest BCUT2D eigenvalue weighted by Crippen LogP contribution is 2.62.